The van der Waals surface area contributed by atoms with Crippen molar-refractivity contribution in [2.24, 2.45) is 0 Å². The molecule has 5 nitrogen and oxygen atoms in total. The number of hydrogen-bond donors (Lipinski definition) is 0. The lowest BCUT2D eigenvalue weighted by Crippen LogP contribution is -2.46. The van der Waals surface area contributed by atoms with Gasteiger partial charge in [-0.15, -0.1) is 0 Å². The molecule has 1 aliphatic heterocycles. The molecule has 25 heavy (non-hydrogen) atoms. The predicted octanol–water partition coefficient (Wildman–Crippen LogP) is 2.98. The Bertz CT molecular complexity index is 696. The van der Waals surface area contributed by atoms with Crippen molar-refractivity contribution in [3.8, 4) is 5.75 Å². The lowest BCUT2D eigenvalue weighted by atomic mass is 10.1. The monoisotopic (exact) mass is 340 g/mol. The molecule has 0 N–H and O–H groups in total. The summed E-state index contributed by atoms with van der Waals surface area (Å²) in [4.78, 5) is 13.9. The van der Waals surface area contributed by atoms with Gasteiger partial charge in [0.15, 0.2) is 0 Å². The maximum absolute atomic E-state index is 5.53. The number of aromatic nitrogens is 2. The van der Waals surface area contributed by atoms with Crippen molar-refractivity contribution in [2.75, 3.05) is 33.3 Å². The molecule has 0 aromatic carbocycles. The van der Waals surface area contributed by atoms with E-state index in [1.165, 1.54) is 5.56 Å². The highest BCUT2D eigenvalue weighted by atomic mass is 16.5. The fraction of sp³-hybridized carbons (Fsp3) is 0.500. The molecule has 3 rings (SSSR count). The maximum atomic E-state index is 5.53. The molecule has 0 amide bonds. The molecule has 5 heteroatoms. The van der Waals surface area contributed by atoms with E-state index in [4.69, 9.17) is 4.74 Å². The average Bonchev–Trinajstić information content (AvgIpc) is 2.65. The normalized spacial score (nSPS) is 17.4. The molecule has 0 radical (unpaired) electrons. The highest BCUT2D eigenvalue weighted by Crippen LogP contribution is 2.26. The maximum Gasteiger partial charge on any atom is 0.128 e. The largest absolute Gasteiger partial charge is 0.496 e. The Balaban J connectivity index is 1.60. The first-order valence-electron chi connectivity index (χ1n) is 8.95. The van der Waals surface area contributed by atoms with Crippen LogP contribution in [0.4, 0.5) is 0 Å². The van der Waals surface area contributed by atoms with E-state index < -0.39 is 0 Å². The summed E-state index contributed by atoms with van der Waals surface area (Å²) in [7, 11) is 1.73. The van der Waals surface area contributed by atoms with Crippen LogP contribution in [0.2, 0.25) is 0 Å². The summed E-state index contributed by atoms with van der Waals surface area (Å²) in [6.07, 6.45) is 5.73. The Morgan fingerprint density at radius 3 is 2.56 bits per heavy atom. The zero-order valence-electron chi connectivity index (χ0n) is 15.7. The lowest BCUT2D eigenvalue weighted by Gasteiger charge is -2.38. The number of nitrogens with zero attached hydrogens (tertiary/aromatic N) is 4. The van der Waals surface area contributed by atoms with Crippen LogP contribution in [0.3, 0.4) is 0 Å². The van der Waals surface area contributed by atoms with Crippen molar-refractivity contribution < 1.29 is 4.74 Å². The first-order valence-corrected chi connectivity index (χ1v) is 8.95. The third kappa shape index (κ3) is 3.99. The van der Waals surface area contributed by atoms with Gasteiger partial charge in [0.05, 0.1) is 12.8 Å². The van der Waals surface area contributed by atoms with Gasteiger partial charge in [-0.25, -0.2) is 0 Å². The molecule has 0 bridgehead atoms. The molecule has 1 saturated heterocycles. The minimum Gasteiger partial charge on any atom is -0.496 e. The summed E-state index contributed by atoms with van der Waals surface area (Å²) in [5.41, 5.74) is 4.67. The topological polar surface area (TPSA) is 41.5 Å². The number of piperazine rings is 1. The zero-order chi connectivity index (χ0) is 17.8. The first-order chi connectivity index (χ1) is 12.1. The van der Waals surface area contributed by atoms with E-state index in [9.17, 15) is 0 Å². The van der Waals surface area contributed by atoms with Crippen LogP contribution < -0.4 is 4.74 Å². The van der Waals surface area contributed by atoms with E-state index in [2.05, 4.69) is 39.7 Å². The fourth-order valence-corrected chi connectivity index (χ4v) is 3.58. The Hall–Kier alpha value is -1.98. The second-order valence-electron chi connectivity index (χ2n) is 6.82. The highest BCUT2D eigenvalue weighted by Gasteiger charge is 2.23. The number of aryl methyl sites for hydroxylation is 1. The number of methoxy groups -OCH3 is 1. The lowest BCUT2D eigenvalue weighted by molar-refractivity contribution is 0.0967. The van der Waals surface area contributed by atoms with Gasteiger partial charge < -0.3 is 4.74 Å². The fourth-order valence-electron chi connectivity index (χ4n) is 3.58. The van der Waals surface area contributed by atoms with E-state index in [0.717, 1.165) is 55.3 Å². The molecule has 0 aliphatic carbocycles. The summed E-state index contributed by atoms with van der Waals surface area (Å²) < 4.78 is 5.53. The molecule has 1 aliphatic rings. The van der Waals surface area contributed by atoms with Crippen LogP contribution in [0.5, 0.6) is 5.75 Å². The van der Waals surface area contributed by atoms with Gasteiger partial charge in [-0.3, -0.25) is 19.8 Å². The quantitative estimate of drug-likeness (QED) is 0.837. The van der Waals surface area contributed by atoms with Gasteiger partial charge in [-0.1, -0.05) is 6.07 Å². The minimum absolute atomic E-state index is 0.412. The zero-order valence-corrected chi connectivity index (χ0v) is 15.7. The number of hydrogen-bond acceptors (Lipinski definition) is 5. The van der Waals surface area contributed by atoms with Crippen LogP contribution in [-0.4, -0.2) is 53.1 Å². The van der Waals surface area contributed by atoms with Gasteiger partial charge in [0.2, 0.25) is 0 Å². The first kappa shape index (κ1) is 17.8. The number of ether oxygens (including phenoxy) is 1. The average molecular weight is 340 g/mol. The van der Waals surface area contributed by atoms with Crippen molar-refractivity contribution in [3.63, 3.8) is 0 Å². The molecular formula is C20H28N4O. The SMILES string of the molecule is COc1c(C)cnc(CN2CCN([C@H](C)c3cccnc3)CC2)c1C. The molecule has 0 saturated carbocycles. The molecule has 2 aromatic heterocycles. The van der Waals surface area contributed by atoms with Crippen molar-refractivity contribution >= 4 is 0 Å². The van der Waals surface area contributed by atoms with Gasteiger partial charge in [-0.05, 0) is 32.4 Å². The van der Waals surface area contributed by atoms with Gasteiger partial charge in [-0.2, -0.15) is 0 Å². The Morgan fingerprint density at radius 1 is 1.16 bits per heavy atom. The van der Waals surface area contributed by atoms with Crippen LogP contribution in [0.1, 0.15) is 35.3 Å². The molecule has 1 fully saturated rings. The van der Waals surface area contributed by atoms with Crippen molar-refractivity contribution in [1.82, 2.24) is 19.8 Å². The van der Waals surface area contributed by atoms with Gasteiger partial charge >= 0.3 is 0 Å². The summed E-state index contributed by atoms with van der Waals surface area (Å²) in [5.74, 6) is 0.967. The van der Waals surface area contributed by atoms with Crippen molar-refractivity contribution in [3.05, 3.63) is 53.1 Å². The summed E-state index contributed by atoms with van der Waals surface area (Å²) in [6.45, 7) is 11.6. The van der Waals surface area contributed by atoms with E-state index >= 15 is 0 Å². The van der Waals surface area contributed by atoms with Crippen LogP contribution in [0.25, 0.3) is 0 Å². The second-order valence-corrected chi connectivity index (χ2v) is 6.82. The number of pyridine rings is 2. The molecule has 0 unspecified atom stereocenters. The molecule has 1 atom stereocenters. The third-order valence-corrected chi connectivity index (χ3v) is 5.24. The minimum atomic E-state index is 0.412. The van der Waals surface area contributed by atoms with Gasteiger partial charge in [0.1, 0.15) is 5.75 Å². The van der Waals surface area contributed by atoms with Crippen LogP contribution in [-0.2, 0) is 6.54 Å². The van der Waals surface area contributed by atoms with Gasteiger partial charge in [0.25, 0.3) is 0 Å². The Kier molecular flexibility index (Phi) is 5.66. The van der Waals surface area contributed by atoms with Crippen LogP contribution >= 0.6 is 0 Å². The third-order valence-electron chi connectivity index (χ3n) is 5.24. The second kappa shape index (κ2) is 7.93. The predicted molar refractivity (Wildman–Crippen MR) is 99.8 cm³/mol. The highest BCUT2D eigenvalue weighted by molar-refractivity contribution is 5.41. The molecule has 2 aromatic rings. The standard InChI is InChI=1S/C20H28N4O/c1-15-12-22-19(16(2)20(15)25-4)14-23-8-10-24(11-9-23)17(3)18-6-5-7-21-13-18/h5-7,12-13,17H,8-11,14H2,1-4H3/t17-/m1/s1. The molecule has 134 valence electrons. The van der Waals surface area contributed by atoms with Crippen molar-refractivity contribution in [1.29, 1.82) is 0 Å². The van der Waals surface area contributed by atoms with Crippen molar-refractivity contribution in [2.45, 2.75) is 33.4 Å². The van der Waals surface area contributed by atoms with E-state index in [1.54, 1.807) is 7.11 Å². The van der Waals surface area contributed by atoms with E-state index in [1.807, 2.05) is 31.6 Å². The Labute approximate surface area is 150 Å². The number of rotatable bonds is 5. The van der Waals surface area contributed by atoms with E-state index in [0.29, 0.717) is 6.04 Å². The molecular weight excluding hydrogens is 312 g/mol. The van der Waals surface area contributed by atoms with Gasteiger partial charge in [0, 0.05) is 68.5 Å². The van der Waals surface area contributed by atoms with Crippen LogP contribution in [0, 0.1) is 13.8 Å². The summed E-state index contributed by atoms with van der Waals surface area (Å²) >= 11 is 0. The summed E-state index contributed by atoms with van der Waals surface area (Å²) in [5, 5.41) is 0. The van der Waals surface area contributed by atoms with E-state index in [-0.39, 0.29) is 0 Å². The smallest absolute Gasteiger partial charge is 0.128 e. The molecule has 0 spiro atoms. The van der Waals surface area contributed by atoms with Crippen LogP contribution in [0.15, 0.2) is 30.7 Å². The summed E-state index contributed by atoms with van der Waals surface area (Å²) in [6, 6.07) is 4.59. The Morgan fingerprint density at radius 2 is 1.92 bits per heavy atom. The molecule has 3 heterocycles.